The first-order valence-electron chi connectivity index (χ1n) is 16.8. The summed E-state index contributed by atoms with van der Waals surface area (Å²) in [5.41, 5.74) is 5.75. The fourth-order valence-electron chi connectivity index (χ4n) is 5.65. The molecular weight excluding hydrogens is 657 g/mol. The van der Waals surface area contributed by atoms with Crippen LogP contribution in [0.5, 0.6) is 0 Å². The Balaban J connectivity index is 1.92. The van der Waals surface area contributed by atoms with Crippen molar-refractivity contribution in [3.05, 3.63) is 71.8 Å². The first kappa shape index (κ1) is 40.5. The van der Waals surface area contributed by atoms with Gasteiger partial charge in [0.2, 0.25) is 23.6 Å². The van der Waals surface area contributed by atoms with Crippen molar-refractivity contribution < 1.29 is 29.1 Å². The normalized spacial score (nSPS) is 18.3. The van der Waals surface area contributed by atoms with E-state index < -0.39 is 64.1 Å². The molecule has 2 aromatic carbocycles. The number of aliphatic hydroxyl groups excluding tert-OH is 1. The van der Waals surface area contributed by atoms with Gasteiger partial charge in [-0.3, -0.25) is 24.0 Å². The van der Waals surface area contributed by atoms with E-state index in [1.54, 1.807) is 51.1 Å². The molecule has 0 saturated carbocycles. The Morgan fingerprint density at radius 3 is 2.02 bits per heavy atom. The van der Waals surface area contributed by atoms with Crippen molar-refractivity contribution in [2.24, 2.45) is 16.6 Å². The lowest BCUT2D eigenvalue weighted by Gasteiger charge is -2.36. The van der Waals surface area contributed by atoms with Gasteiger partial charge in [-0.2, -0.15) is 0 Å². The number of hydrogen-bond acceptors (Lipinski definition) is 8. The Bertz CT molecular complexity index is 1490. The second-order valence-electron chi connectivity index (χ2n) is 15.5. The van der Waals surface area contributed by atoms with E-state index >= 15 is 0 Å². The number of thioether (sulfide) groups is 1. The first-order chi connectivity index (χ1) is 23.2. The predicted molar refractivity (Wildman–Crippen MR) is 195 cm³/mol. The minimum atomic E-state index is -1.72. The molecule has 1 aliphatic heterocycles. The molecule has 13 heteroatoms. The lowest BCUT2D eigenvalue weighted by molar-refractivity contribution is -0.148. The zero-order valence-electron chi connectivity index (χ0n) is 30.4. The average molecular weight is 711 g/mol. The van der Waals surface area contributed by atoms with Gasteiger partial charge in [-0.15, -0.1) is 11.8 Å². The Morgan fingerprint density at radius 1 is 0.900 bits per heavy atom. The van der Waals surface area contributed by atoms with Gasteiger partial charge in [-0.05, 0) is 42.2 Å². The number of nitrogens with two attached hydrogens (primary N) is 1. The summed E-state index contributed by atoms with van der Waals surface area (Å²) in [4.78, 5) is 69.1. The molecule has 3 rings (SSSR count). The fraction of sp³-hybridized carbons (Fsp3) is 0.541. The van der Waals surface area contributed by atoms with E-state index in [-0.39, 0.29) is 30.2 Å². The number of aliphatic hydroxyl groups is 1. The third-order valence-corrected chi connectivity index (χ3v) is 9.81. The minimum Gasteiger partial charge on any atom is -0.381 e. The molecule has 50 heavy (non-hydrogen) atoms. The average Bonchev–Trinajstić information content (AvgIpc) is 3.38. The van der Waals surface area contributed by atoms with Crippen molar-refractivity contribution in [3.8, 4) is 0 Å². The zero-order valence-corrected chi connectivity index (χ0v) is 31.2. The second kappa shape index (κ2) is 16.8. The zero-order chi connectivity index (χ0) is 37.4. The van der Waals surface area contributed by atoms with Gasteiger partial charge in [-0.25, -0.2) is 0 Å². The SMILES string of the molecule is CC(C)(C)CNC(=O)[C@H]1N(C(=O)[C@@H](O)[C@H](Cc2ccccc2)NC(=O)[C@@H](NC(=O)[C@@H](NC(=O)CN)c2ccccc2)C(C)(C)C)CSC1(C)C. The van der Waals surface area contributed by atoms with Crippen LogP contribution >= 0.6 is 11.8 Å². The maximum atomic E-state index is 14.1. The second-order valence-corrected chi connectivity index (χ2v) is 17.1. The van der Waals surface area contributed by atoms with Crippen LogP contribution in [0.25, 0.3) is 0 Å². The highest BCUT2D eigenvalue weighted by molar-refractivity contribution is 8.00. The van der Waals surface area contributed by atoms with Gasteiger partial charge in [0.15, 0.2) is 6.10 Å². The summed E-state index contributed by atoms with van der Waals surface area (Å²) in [6.07, 6.45) is -1.63. The first-order valence-corrected chi connectivity index (χ1v) is 17.8. The summed E-state index contributed by atoms with van der Waals surface area (Å²) in [5, 5.41) is 22.9. The van der Waals surface area contributed by atoms with Crippen molar-refractivity contribution >= 4 is 41.3 Å². The van der Waals surface area contributed by atoms with Crippen molar-refractivity contribution in [1.82, 2.24) is 26.2 Å². The van der Waals surface area contributed by atoms with Crippen LogP contribution in [-0.4, -0.2) is 87.5 Å². The molecule has 1 heterocycles. The quantitative estimate of drug-likeness (QED) is 0.183. The Morgan fingerprint density at radius 2 is 1.48 bits per heavy atom. The van der Waals surface area contributed by atoms with Crippen LogP contribution in [0.2, 0.25) is 0 Å². The number of carbonyl (C=O) groups excluding carboxylic acids is 5. The maximum Gasteiger partial charge on any atom is 0.254 e. The number of benzene rings is 2. The van der Waals surface area contributed by atoms with Gasteiger partial charge in [0.25, 0.3) is 5.91 Å². The summed E-state index contributed by atoms with van der Waals surface area (Å²) in [6, 6.07) is 13.4. The third-order valence-electron chi connectivity index (χ3n) is 8.43. The van der Waals surface area contributed by atoms with Crippen LogP contribution in [0.4, 0.5) is 0 Å². The molecular formula is C37H54N6O6S. The van der Waals surface area contributed by atoms with Crippen molar-refractivity contribution in [3.63, 3.8) is 0 Å². The lowest BCUT2D eigenvalue weighted by Crippen LogP contribution is -2.62. The number of hydrogen-bond donors (Lipinski definition) is 6. The van der Waals surface area contributed by atoms with Crippen LogP contribution in [0.15, 0.2) is 60.7 Å². The molecule has 0 spiro atoms. The van der Waals surface area contributed by atoms with Crippen LogP contribution in [0.1, 0.15) is 72.6 Å². The van der Waals surface area contributed by atoms with E-state index in [2.05, 4.69) is 21.3 Å². The summed E-state index contributed by atoms with van der Waals surface area (Å²) >= 11 is 1.43. The molecule has 5 amide bonds. The van der Waals surface area contributed by atoms with Crippen molar-refractivity contribution in [2.45, 2.75) is 96.8 Å². The van der Waals surface area contributed by atoms with E-state index in [9.17, 15) is 29.1 Å². The summed E-state index contributed by atoms with van der Waals surface area (Å²) in [5.74, 6) is -2.65. The van der Waals surface area contributed by atoms with Gasteiger partial charge in [0.1, 0.15) is 18.1 Å². The molecule has 0 radical (unpaired) electrons. The third kappa shape index (κ3) is 11.0. The van der Waals surface area contributed by atoms with Crippen LogP contribution in [0.3, 0.4) is 0 Å². The molecule has 0 unspecified atom stereocenters. The number of amides is 5. The van der Waals surface area contributed by atoms with E-state index in [0.717, 1.165) is 5.56 Å². The van der Waals surface area contributed by atoms with E-state index in [1.807, 2.05) is 65.0 Å². The topological polar surface area (TPSA) is 183 Å². The molecule has 0 aliphatic carbocycles. The van der Waals surface area contributed by atoms with Crippen LogP contribution < -0.4 is 27.0 Å². The lowest BCUT2D eigenvalue weighted by atomic mass is 9.85. The predicted octanol–water partition coefficient (Wildman–Crippen LogP) is 2.26. The Hall–Kier alpha value is -3.94. The molecule has 7 N–H and O–H groups in total. The maximum absolute atomic E-state index is 14.1. The van der Waals surface area contributed by atoms with Crippen molar-refractivity contribution in [1.29, 1.82) is 0 Å². The summed E-state index contributed by atoms with van der Waals surface area (Å²) in [6.45, 7) is 15.1. The number of carbonyl (C=O) groups is 5. The van der Waals surface area contributed by atoms with Crippen LogP contribution in [-0.2, 0) is 30.4 Å². The number of nitrogens with one attached hydrogen (secondary N) is 4. The van der Waals surface area contributed by atoms with Gasteiger partial charge >= 0.3 is 0 Å². The molecule has 0 bridgehead atoms. The van der Waals surface area contributed by atoms with E-state index in [0.29, 0.717) is 12.1 Å². The van der Waals surface area contributed by atoms with Crippen LogP contribution in [0, 0.1) is 10.8 Å². The fourth-order valence-corrected chi connectivity index (χ4v) is 6.79. The Labute approximate surface area is 300 Å². The highest BCUT2D eigenvalue weighted by atomic mass is 32.2. The highest BCUT2D eigenvalue weighted by Crippen LogP contribution is 2.40. The molecule has 0 aromatic heterocycles. The molecule has 2 aromatic rings. The van der Waals surface area contributed by atoms with E-state index in [4.69, 9.17) is 5.73 Å². The molecule has 274 valence electrons. The van der Waals surface area contributed by atoms with Gasteiger partial charge in [0.05, 0.1) is 18.5 Å². The molecule has 12 nitrogen and oxygen atoms in total. The molecule has 1 fully saturated rings. The standard InChI is InChI=1S/C37H54N6O6S/c1-35(2,3)21-39-33(48)30-37(7,8)50-22-43(30)34(49)28(45)25(19-23-15-11-9-12-16-23)40-32(47)29(36(4,5)6)42-31(46)27(41-26(44)20-38)24-17-13-10-14-18-24/h9-18,25,27-30,45H,19-22,38H2,1-8H3,(H,39,48)(H,40,47)(H,41,44)(H,42,46)/t25-,27-,28-,29+,30+/m0/s1. The summed E-state index contributed by atoms with van der Waals surface area (Å²) < 4.78 is -0.633. The van der Waals surface area contributed by atoms with Gasteiger partial charge < -0.3 is 37.0 Å². The molecule has 5 atom stereocenters. The number of nitrogens with zero attached hydrogens (tertiary/aromatic N) is 1. The highest BCUT2D eigenvalue weighted by Gasteiger charge is 2.50. The minimum absolute atomic E-state index is 0.0920. The van der Waals surface area contributed by atoms with Gasteiger partial charge in [0, 0.05) is 11.3 Å². The largest absolute Gasteiger partial charge is 0.381 e. The molecule has 1 aliphatic rings. The monoisotopic (exact) mass is 710 g/mol. The summed E-state index contributed by atoms with van der Waals surface area (Å²) in [7, 11) is 0. The van der Waals surface area contributed by atoms with Crippen molar-refractivity contribution in [2.75, 3.05) is 19.0 Å². The van der Waals surface area contributed by atoms with Gasteiger partial charge in [-0.1, -0.05) is 102 Å². The van der Waals surface area contributed by atoms with E-state index in [1.165, 1.54) is 16.7 Å². The smallest absolute Gasteiger partial charge is 0.254 e. The number of rotatable bonds is 13. The molecule has 1 saturated heterocycles. The Kier molecular flexibility index (Phi) is 13.6.